The van der Waals surface area contributed by atoms with E-state index in [0.29, 0.717) is 0 Å². The molecule has 2 bridgehead atoms. The van der Waals surface area contributed by atoms with E-state index in [1.54, 1.807) is 0 Å². The Morgan fingerprint density at radius 1 is 1.17 bits per heavy atom. The van der Waals surface area contributed by atoms with Crippen molar-refractivity contribution >= 4 is 0 Å². The van der Waals surface area contributed by atoms with Crippen molar-refractivity contribution in [2.75, 3.05) is 7.05 Å². The van der Waals surface area contributed by atoms with E-state index in [2.05, 4.69) is 37.9 Å². The molecule has 0 saturated carbocycles. The Bertz CT molecular complexity index is 179. The fourth-order valence-corrected chi connectivity index (χ4v) is 2.52. The van der Waals surface area contributed by atoms with Crippen LogP contribution in [0.1, 0.15) is 26.7 Å². The third-order valence-electron chi connectivity index (χ3n) is 3.63. The summed E-state index contributed by atoms with van der Waals surface area (Å²) >= 11 is 0. The maximum Gasteiger partial charge on any atom is 0.0284 e. The molecule has 0 unspecified atom stereocenters. The van der Waals surface area contributed by atoms with E-state index in [9.17, 15) is 0 Å². The average Bonchev–Trinajstić information content (AvgIpc) is 2.30. The molecule has 0 aliphatic carbocycles. The summed E-state index contributed by atoms with van der Waals surface area (Å²) in [4.78, 5) is 2.51. The van der Waals surface area contributed by atoms with Crippen LogP contribution in [-0.4, -0.2) is 24.0 Å². The van der Waals surface area contributed by atoms with Gasteiger partial charge in [0.1, 0.15) is 0 Å². The summed E-state index contributed by atoms with van der Waals surface area (Å²) < 4.78 is 0. The summed E-state index contributed by atoms with van der Waals surface area (Å²) in [7, 11) is 2.26. The second-order valence-corrected chi connectivity index (χ2v) is 4.66. The van der Waals surface area contributed by atoms with Crippen molar-refractivity contribution in [1.29, 1.82) is 0 Å². The molecule has 0 aromatic rings. The quantitative estimate of drug-likeness (QED) is 0.539. The highest BCUT2D eigenvalue weighted by Gasteiger charge is 2.35. The third-order valence-corrected chi connectivity index (χ3v) is 3.63. The lowest BCUT2D eigenvalue weighted by molar-refractivity contribution is 0.124. The summed E-state index contributed by atoms with van der Waals surface area (Å²) in [5.74, 6) is 1.81. The lowest BCUT2D eigenvalue weighted by Gasteiger charge is -2.38. The normalized spacial score (nSPS) is 41.2. The Labute approximate surface area is 75.4 Å². The maximum absolute atomic E-state index is 2.51. The van der Waals surface area contributed by atoms with Crippen LogP contribution < -0.4 is 0 Å². The Morgan fingerprint density at radius 3 is 2.08 bits per heavy atom. The van der Waals surface area contributed by atoms with Crippen molar-refractivity contribution in [1.82, 2.24) is 4.90 Å². The molecule has 2 aliphatic rings. The molecule has 0 N–H and O–H groups in total. The van der Waals surface area contributed by atoms with E-state index in [0.717, 1.165) is 23.9 Å². The molecule has 0 radical (unpaired) electrons. The van der Waals surface area contributed by atoms with E-state index < -0.39 is 0 Å². The van der Waals surface area contributed by atoms with Crippen molar-refractivity contribution in [3.05, 3.63) is 12.2 Å². The van der Waals surface area contributed by atoms with Gasteiger partial charge in [0, 0.05) is 12.1 Å². The number of likely N-dealkylation sites (N-methyl/N-ethyl adjacent to an activating group) is 1. The van der Waals surface area contributed by atoms with Gasteiger partial charge in [0.2, 0.25) is 0 Å². The molecule has 1 fully saturated rings. The summed E-state index contributed by atoms with van der Waals surface area (Å²) in [6, 6.07) is 1.49. The second kappa shape index (κ2) is 2.88. The first-order valence-electron chi connectivity index (χ1n) is 5.08. The minimum Gasteiger partial charge on any atom is -0.294 e. The Kier molecular flexibility index (Phi) is 1.99. The first-order chi connectivity index (χ1) is 5.68. The lowest BCUT2D eigenvalue weighted by atomic mass is 9.82. The predicted molar refractivity (Wildman–Crippen MR) is 52.0 cm³/mol. The molecule has 2 atom stereocenters. The fourth-order valence-electron chi connectivity index (χ4n) is 2.52. The van der Waals surface area contributed by atoms with Gasteiger partial charge < -0.3 is 0 Å². The van der Waals surface area contributed by atoms with Crippen LogP contribution in [0.2, 0.25) is 0 Å². The Hall–Kier alpha value is -0.300. The molecule has 0 aromatic carbocycles. The first-order valence-corrected chi connectivity index (χ1v) is 5.08. The first kappa shape index (κ1) is 8.31. The van der Waals surface area contributed by atoms with Crippen LogP contribution in [0.15, 0.2) is 12.2 Å². The largest absolute Gasteiger partial charge is 0.294 e. The smallest absolute Gasteiger partial charge is 0.0284 e. The number of fused-ring (bicyclic) bond motifs is 2. The Morgan fingerprint density at radius 2 is 1.67 bits per heavy atom. The standard InChI is InChI=1S/C11H19N/c1-8(2)9-6-10-4-5-11(7-9)12(10)3/h4-5,8-11H,6-7H2,1-3H3/t10-,11-/m0/s1. The monoisotopic (exact) mass is 165 g/mol. The minimum absolute atomic E-state index is 0.746. The number of nitrogens with zero attached hydrogens (tertiary/aromatic N) is 1. The van der Waals surface area contributed by atoms with E-state index in [1.165, 1.54) is 12.8 Å². The zero-order valence-corrected chi connectivity index (χ0v) is 8.33. The third kappa shape index (κ3) is 1.20. The highest BCUT2D eigenvalue weighted by atomic mass is 15.2. The highest BCUT2D eigenvalue weighted by Crippen LogP contribution is 2.36. The van der Waals surface area contributed by atoms with Crippen molar-refractivity contribution < 1.29 is 0 Å². The Balaban J connectivity index is 2.06. The van der Waals surface area contributed by atoms with Gasteiger partial charge in [0.05, 0.1) is 0 Å². The molecule has 12 heavy (non-hydrogen) atoms. The topological polar surface area (TPSA) is 3.24 Å². The van der Waals surface area contributed by atoms with Crippen molar-refractivity contribution in [2.45, 2.75) is 38.8 Å². The minimum atomic E-state index is 0.746. The van der Waals surface area contributed by atoms with Gasteiger partial charge >= 0.3 is 0 Å². The van der Waals surface area contributed by atoms with Gasteiger partial charge in [-0.2, -0.15) is 0 Å². The van der Waals surface area contributed by atoms with E-state index in [4.69, 9.17) is 0 Å². The van der Waals surface area contributed by atoms with Crippen LogP contribution >= 0.6 is 0 Å². The van der Waals surface area contributed by atoms with Crippen LogP contribution in [0, 0.1) is 11.8 Å². The van der Waals surface area contributed by atoms with Gasteiger partial charge in [-0.05, 0) is 31.7 Å². The summed E-state index contributed by atoms with van der Waals surface area (Å²) in [5.41, 5.74) is 0. The predicted octanol–water partition coefficient (Wildman–Crippen LogP) is 2.29. The number of rotatable bonds is 1. The second-order valence-electron chi connectivity index (χ2n) is 4.66. The molecule has 2 aliphatic heterocycles. The van der Waals surface area contributed by atoms with Crippen LogP contribution in [0.4, 0.5) is 0 Å². The van der Waals surface area contributed by atoms with Gasteiger partial charge in [-0.25, -0.2) is 0 Å². The van der Waals surface area contributed by atoms with Crippen LogP contribution in [0.25, 0.3) is 0 Å². The van der Waals surface area contributed by atoms with Gasteiger partial charge in [-0.3, -0.25) is 4.90 Å². The molecule has 0 spiro atoms. The molecule has 0 aromatic heterocycles. The van der Waals surface area contributed by atoms with Crippen molar-refractivity contribution in [3.8, 4) is 0 Å². The van der Waals surface area contributed by atoms with Crippen molar-refractivity contribution in [3.63, 3.8) is 0 Å². The molecule has 2 heterocycles. The summed E-state index contributed by atoms with van der Waals surface area (Å²) in [6.45, 7) is 4.71. The van der Waals surface area contributed by atoms with E-state index >= 15 is 0 Å². The highest BCUT2D eigenvalue weighted by molar-refractivity contribution is 5.13. The van der Waals surface area contributed by atoms with Crippen LogP contribution in [0.3, 0.4) is 0 Å². The fraction of sp³-hybridized carbons (Fsp3) is 0.818. The van der Waals surface area contributed by atoms with Gasteiger partial charge in [-0.1, -0.05) is 26.0 Å². The lowest BCUT2D eigenvalue weighted by Crippen LogP contribution is -2.41. The molecule has 1 heteroatoms. The molecule has 0 amide bonds. The molecule has 68 valence electrons. The SMILES string of the molecule is CC(C)C1C[C@@H]2C=C[C@@H](C1)N2C. The number of piperidine rings is 1. The van der Waals surface area contributed by atoms with Crippen molar-refractivity contribution in [2.24, 2.45) is 11.8 Å². The molecule has 1 saturated heterocycles. The summed E-state index contributed by atoms with van der Waals surface area (Å²) in [6.07, 6.45) is 7.54. The van der Waals surface area contributed by atoms with Crippen LogP contribution in [-0.2, 0) is 0 Å². The molecular formula is C11H19N. The number of hydrogen-bond acceptors (Lipinski definition) is 1. The maximum atomic E-state index is 2.51. The van der Waals surface area contributed by atoms with E-state index in [-0.39, 0.29) is 0 Å². The van der Waals surface area contributed by atoms with Gasteiger partial charge in [0.15, 0.2) is 0 Å². The van der Waals surface area contributed by atoms with E-state index in [1.807, 2.05) is 0 Å². The molecule has 1 nitrogen and oxygen atoms in total. The number of hydrogen-bond donors (Lipinski definition) is 0. The zero-order chi connectivity index (χ0) is 8.72. The molecular weight excluding hydrogens is 146 g/mol. The molecule has 2 rings (SSSR count). The zero-order valence-electron chi connectivity index (χ0n) is 8.33. The van der Waals surface area contributed by atoms with Gasteiger partial charge in [0.25, 0.3) is 0 Å². The van der Waals surface area contributed by atoms with Gasteiger partial charge in [-0.15, -0.1) is 0 Å². The summed E-state index contributed by atoms with van der Waals surface area (Å²) in [5, 5.41) is 0. The average molecular weight is 165 g/mol. The van der Waals surface area contributed by atoms with Crippen LogP contribution in [0.5, 0.6) is 0 Å².